The molecule has 1 saturated carbocycles. The highest BCUT2D eigenvalue weighted by Crippen LogP contribution is 2.63. The predicted molar refractivity (Wildman–Crippen MR) is 98.7 cm³/mol. The second kappa shape index (κ2) is 6.65. The van der Waals surface area contributed by atoms with Gasteiger partial charge in [-0.1, -0.05) is 18.2 Å². The highest BCUT2D eigenvalue weighted by atomic mass is 32.2. The fourth-order valence-electron chi connectivity index (χ4n) is 3.97. The molecular formula is C21H17F5O2S. The van der Waals surface area contributed by atoms with Gasteiger partial charge in [-0.25, -0.2) is 17.2 Å². The number of halogens is 5. The van der Waals surface area contributed by atoms with Crippen LogP contribution in [0.3, 0.4) is 0 Å². The Morgan fingerprint density at radius 2 is 1.45 bits per heavy atom. The average molecular weight is 428 g/mol. The van der Waals surface area contributed by atoms with Crippen LogP contribution in [0, 0.1) is 11.2 Å². The number of alkyl halides is 4. The zero-order chi connectivity index (χ0) is 21.0. The minimum atomic E-state index is -4.79. The summed E-state index contributed by atoms with van der Waals surface area (Å²) in [6.07, 6.45) is -1.62. The summed E-state index contributed by atoms with van der Waals surface area (Å²) >= 11 is 0. The van der Waals surface area contributed by atoms with Crippen LogP contribution in [0.5, 0.6) is 0 Å². The third kappa shape index (κ3) is 3.70. The van der Waals surface area contributed by atoms with Crippen molar-refractivity contribution in [3.05, 3.63) is 65.0 Å². The van der Waals surface area contributed by atoms with Gasteiger partial charge in [0.25, 0.3) is 0 Å². The van der Waals surface area contributed by atoms with Crippen LogP contribution < -0.4 is 0 Å². The van der Waals surface area contributed by atoms with Gasteiger partial charge in [0.1, 0.15) is 5.82 Å². The Kier molecular flexibility index (Phi) is 4.60. The lowest BCUT2D eigenvalue weighted by atomic mass is 9.95. The molecule has 2 aromatic rings. The Balaban J connectivity index is 1.79. The van der Waals surface area contributed by atoms with E-state index in [4.69, 9.17) is 0 Å². The van der Waals surface area contributed by atoms with E-state index in [1.54, 1.807) is 12.1 Å². The third-order valence-electron chi connectivity index (χ3n) is 5.75. The fraction of sp³-hybridized carbons (Fsp3) is 0.333. The zero-order valence-corrected chi connectivity index (χ0v) is 16.0. The van der Waals surface area contributed by atoms with Gasteiger partial charge < -0.3 is 0 Å². The summed E-state index contributed by atoms with van der Waals surface area (Å²) in [5.41, 5.74) is 1.25. The Hall–Kier alpha value is -2.22. The molecule has 0 bridgehead atoms. The first-order valence-electron chi connectivity index (χ1n) is 9.03. The maximum atomic E-state index is 13.7. The molecular weight excluding hydrogens is 411 g/mol. The number of benzene rings is 2. The van der Waals surface area contributed by atoms with Crippen LogP contribution in [0.25, 0.3) is 11.1 Å². The molecule has 0 radical (unpaired) electrons. The third-order valence-corrected chi connectivity index (χ3v) is 7.03. The van der Waals surface area contributed by atoms with Crippen molar-refractivity contribution < 1.29 is 30.4 Å². The molecule has 2 aromatic carbocycles. The van der Waals surface area contributed by atoms with E-state index >= 15 is 0 Å². The maximum absolute atomic E-state index is 13.7. The first kappa shape index (κ1) is 20.1. The smallest absolute Gasteiger partial charge is 0.233 e. The molecule has 154 valence electrons. The van der Waals surface area contributed by atoms with Crippen molar-refractivity contribution in [1.29, 1.82) is 0 Å². The predicted octanol–water partition coefficient (Wildman–Crippen LogP) is 6.03. The summed E-state index contributed by atoms with van der Waals surface area (Å²) in [4.78, 5) is -0.147. The van der Waals surface area contributed by atoms with E-state index in [1.165, 1.54) is 18.2 Å². The molecule has 0 aliphatic heterocycles. The van der Waals surface area contributed by atoms with E-state index in [-0.39, 0.29) is 10.3 Å². The minimum Gasteiger partial charge on any atom is -0.233 e. The van der Waals surface area contributed by atoms with Crippen molar-refractivity contribution in [2.24, 2.45) is 5.41 Å². The van der Waals surface area contributed by atoms with Crippen molar-refractivity contribution in [3.8, 4) is 0 Å². The van der Waals surface area contributed by atoms with Gasteiger partial charge in [-0.05, 0) is 77.6 Å². The van der Waals surface area contributed by atoms with Crippen molar-refractivity contribution in [3.63, 3.8) is 0 Å². The van der Waals surface area contributed by atoms with Crippen LogP contribution in [0.15, 0.2) is 47.4 Å². The summed E-state index contributed by atoms with van der Waals surface area (Å²) in [5, 5.41) is 0. The van der Waals surface area contributed by atoms with Gasteiger partial charge in [0.2, 0.25) is 9.84 Å². The van der Waals surface area contributed by atoms with Crippen LogP contribution in [0.1, 0.15) is 42.4 Å². The highest BCUT2D eigenvalue weighted by molar-refractivity contribution is 7.91. The van der Waals surface area contributed by atoms with Crippen molar-refractivity contribution in [2.75, 3.05) is 6.01 Å². The molecule has 0 heterocycles. The number of hydrogen-bond acceptors (Lipinski definition) is 2. The SMILES string of the molecule is O=S(=O)(CF)c1ccc(C2=C(c3ccc(F)c(C(F)(F)F)c3)CC3(CC3)C2)cc1. The molecule has 8 heteroatoms. The van der Waals surface area contributed by atoms with Gasteiger partial charge in [0.15, 0.2) is 6.01 Å². The number of allylic oxidation sites excluding steroid dienone is 2. The standard InChI is InChI=1S/C21H17F5O2S/c22-12-29(27,28)15-4-1-13(2-5-15)16-10-20(7-8-20)11-17(16)14-3-6-19(23)18(9-14)21(24,25)26/h1-6,9H,7-8,10-12H2. The van der Waals surface area contributed by atoms with Gasteiger partial charge in [0, 0.05) is 0 Å². The topological polar surface area (TPSA) is 34.1 Å². The van der Waals surface area contributed by atoms with Gasteiger partial charge >= 0.3 is 6.18 Å². The molecule has 0 unspecified atom stereocenters. The fourth-order valence-corrected chi connectivity index (χ4v) is 4.64. The van der Waals surface area contributed by atoms with E-state index in [9.17, 15) is 30.4 Å². The molecule has 1 fully saturated rings. The van der Waals surface area contributed by atoms with Gasteiger partial charge in [0.05, 0.1) is 10.5 Å². The molecule has 4 rings (SSSR count). The normalized spacial score (nSPS) is 18.5. The van der Waals surface area contributed by atoms with Crippen LogP contribution >= 0.6 is 0 Å². The number of rotatable bonds is 4. The van der Waals surface area contributed by atoms with E-state index in [1.807, 2.05) is 0 Å². The quantitative estimate of drug-likeness (QED) is 0.557. The van der Waals surface area contributed by atoms with Crippen LogP contribution in [-0.2, 0) is 16.0 Å². The molecule has 2 nitrogen and oxygen atoms in total. The minimum absolute atomic E-state index is 0.0150. The molecule has 0 saturated heterocycles. The molecule has 0 N–H and O–H groups in total. The van der Waals surface area contributed by atoms with E-state index in [2.05, 4.69) is 0 Å². The summed E-state index contributed by atoms with van der Waals surface area (Å²) in [5.74, 6) is -1.32. The Morgan fingerprint density at radius 3 is 1.97 bits per heavy atom. The molecule has 2 aliphatic carbocycles. The molecule has 2 aliphatic rings. The average Bonchev–Trinajstić information content (AvgIpc) is 3.32. The Labute approximate surface area is 165 Å². The van der Waals surface area contributed by atoms with Crippen LogP contribution in [-0.4, -0.2) is 14.4 Å². The van der Waals surface area contributed by atoms with Crippen LogP contribution in [0.2, 0.25) is 0 Å². The van der Waals surface area contributed by atoms with Gasteiger partial charge in [-0.2, -0.15) is 13.2 Å². The van der Waals surface area contributed by atoms with Crippen molar-refractivity contribution in [1.82, 2.24) is 0 Å². The molecule has 0 aromatic heterocycles. The summed E-state index contributed by atoms with van der Waals surface area (Å²) in [6, 6.07) is 7.23. The molecule has 0 atom stereocenters. The van der Waals surface area contributed by atoms with Gasteiger partial charge in [-0.15, -0.1) is 0 Å². The second-order valence-electron chi connectivity index (χ2n) is 7.75. The number of hydrogen-bond donors (Lipinski definition) is 0. The lowest BCUT2D eigenvalue weighted by molar-refractivity contribution is -0.140. The molecule has 29 heavy (non-hydrogen) atoms. The Bertz CT molecular complexity index is 1090. The monoisotopic (exact) mass is 428 g/mol. The highest BCUT2D eigenvalue weighted by Gasteiger charge is 2.48. The molecule has 0 amide bonds. The zero-order valence-electron chi connectivity index (χ0n) is 15.2. The first-order chi connectivity index (χ1) is 13.5. The lowest BCUT2D eigenvalue weighted by Crippen LogP contribution is -2.08. The van der Waals surface area contributed by atoms with Crippen LogP contribution in [0.4, 0.5) is 22.0 Å². The largest absolute Gasteiger partial charge is 0.419 e. The van der Waals surface area contributed by atoms with Gasteiger partial charge in [-0.3, -0.25) is 0 Å². The second-order valence-corrected chi connectivity index (χ2v) is 9.67. The number of sulfone groups is 1. The summed E-state index contributed by atoms with van der Waals surface area (Å²) in [7, 11) is -3.99. The van der Waals surface area contributed by atoms with E-state index in [0.717, 1.165) is 30.5 Å². The van der Waals surface area contributed by atoms with Crippen molar-refractivity contribution in [2.45, 2.75) is 36.8 Å². The summed E-state index contributed by atoms with van der Waals surface area (Å²) < 4.78 is 89.2. The first-order valence-corrected chi connectivity index (χ1v) is 10.7. The van der Waals surface area contributed by atoms with E-state index < -0.39 is 33.4 Å². The lowest BCUT2D eigenvalue weighted by Gasteiger charge is -2.13. The summed E-state index contributed by atoms with van der Waals surface area (Å²) in [6.45, 7) is 0. The molecule has 1 spiro atoms. The van der Waals surface area contributed by atoms with Crippen molar-refractivity contribution >= 4 is 21.0 Å². The maximum Gasteiger partial charge on any atom is 0.419 e. The Morgan fingerprint density at radius 1 is 0.897 bits per heavy atom. The van der Waals surface area contributed by atoms with E-state index in [0.29, 0.717) is 29.5 Å².